The lowest BCUT2D eigenvalue weighted by Gasteiger charge is -2.15. The van der Waals surface area contributed by atoms with Gasteiger partial charge in [0.2, 0.25) is 0 Å². The summed E-state index contributed by atoms with van der Waals surface area (Å²) in [5, 5.41) is 10.6. The van der Waals surface area contributed by atoms with E-state index in [1.165, 1.54) is 6.21 Å². The normalized spacial score (nSPS) is 13.8. The number of rotatable bonds is 9. The monoisotopic (exact) mass is 281 g/mol. The minimum Gasteiger partial charge on any atom is -0.331 e. The van der Waals surface area contributed by atoms with Gasteiger partial charge in [-0.05, 0) is 19.8 Å². The summed E-state index contributed by atoms with van der Waals surface area (Å²) in [6.07, 6.45) is 9.02. The second kappa shape index (κ2) is 10.6. The van der Waals surface area contributed by atoms with Crippen LogP contribution in [-0.4, -0.2) is 18.1 Å². The Morgan fingerprint density at radius 2 is 2.21 bits per heavy atom. The molecule has 0 aliphatic carbocycles. The largest absolute Gasteiger partial charge is 0.331 e. The average Bonchev–Trinajstić information content (AvgIpc) is 2.36. The van der Waals surface area contributed by atoms with Gasteiger partial charge in [0.05, 0.1) is 6.04 Å². The number of unbranched alkanes of at least 4 members (excludes halogenated alkanes) is 1. The lowest BCUT2D eigenvalue weighted by Crippen LogP contribution is -2.25. The maximum absolute atomic E-state index is 7.41. The molecular formula is C15H24ClN3. The summed E-state index contributed by atoms with van der Waals surface area (Å²) in [6.45, 7) is 11.4. The molecule has 0 radical (unpaired) electrons. The predicted octanol–water partition coefficient (Wildman–Crippen LogP) is 4.42. The fourth-order valence-electron chi connectivity index (χ4n) is 1.65. The minimum absolute atomic E-state index is 0.158. The Hall–Kier alpha value is -1.35. The lowest BCUT2D eigenvalue weighted by molar-refractivity contribution is 0.583. The highest BCUT2D eigenvalue weighted by atomic mass is 35.5. The fraction of sp³-hybridized carbons (Fsp3) is 0.467. The first-order valence-corrected chi connectivity index (χ1v) is 6.94. The van der Waals surface area contributed by atoms with Crippen LogP contribution in [0.4, 0.5) is 0 Å². The summed E-state index contributed by atoms with van der Waals surface area (Å²) < 4.78 is 0. The zero-order valence-corrected chi connectivity index (χ0v) is 12.6. The van der Waals surface area contributed by atoms with Crippen molar-refractivity contribution in [3.05, 3.63) is 36.0 Å². The Morgan fingerprint density at radius 1 is 1.53 bits per heavy atom. The number of aliphatic imine (C=N–C) groups is 1. The Balaban J connectivity index is 5.14. The molecule has 0 amide bonds. The SMILES string of the molecule is C=CCC(CCCC)N=C(NC(=C)Cl)/C(C=N)=C\C. The van der Waals surface area contributed by atoms with Gasteiger partial charge in [0.15, 0.2) is 0 Å². The number of amidine groups is 1. The van der Waals surface area contributed by atoms with E-state index in [2.05, 4.69) is 30.4 Å². The third kappa shape index (κ3) is 7.62. The van der Waals surface area contributed by atoms with Gasteiger partial charge in [-0.25, -0.2) is 0 Å². The molecule has 0 aliphatic heterocycles. The zero-order chi connectivity index (χ0) is 14.7. The summed E-state index contributed by atoms with van der Waals surface area (Å²) >= 11 is 5.79. The van der Waals surface area contributed by atoms with Crippen LogP contribution in [0.2, 0.25) is 0 Å². The molecule has 3 nitrogen and oxygen atoms in total. The number of nitrogens with one attached hydrogen (secondary N) is 2. The maximum Gasteiger partial charge on any atom is 0.134 e. The summed E-state index contributed by atoms with van der Waals surface area (Å²) in [6, 6.07) is 0.158. The highest BCUT2D eigenvalue weighted by Crippen LogP contribution is 2.11. The Morgan fingerprint density at radius 3 is 2.63 bits per heavy atom. The number of nitrogens with zero attached hydrogens (tertiary/aromatic N) is 1. The van der Waals surface area contributed by atoms with Crippen LogP contribution in [0, 0.1) is 5.41 Å². The third-order valence-corrected chi connectivity index (χ3v) is 2.73. The van der Waals surface area contributed by atoms with Gasteiger partial charge in [-0.1, -0.05) is 50.1 Å². The molecule has 2 N–H and O–H groups in total. The van der Waals surface area contributed by atoms with Crippen LogP contribution in [0.1, 0.15) is 39.5 Å². The van der Waals surface area contributed by atoms with E-state index in [-0.39, 0.29) is 6.04 Å². The molecule has 0 saturated carbocycles. The van der Waals surface area contributed by atoms with Gasteiger partial charge >= 0.3 is 0 Å². The molecule has 4 heteroatoms. The van der Waals surface area contributed by atoms with Crippen LogP contribution in [0.5, 0.6) is 0 Å². The molecular weight excluding hydrogens is 258 g/mol. The van der Waals surface area contributed by atoms with E-state index in [9.17, 15) is 0 Å². The second-order valence-corrected chi connectivity index (χ2v) is 4.67. The molecule has 1 atom stereocenters. The molecule has 0 fully saturated rings. The number of hydrogen-bond acceptors (Lipinski definition) is 2. The molecule has 0 saturated heterocycles. The molecule has 0 spiro atoms. The van der Waals surface area contributed by atoms with Gasteiger partial charge in [-0.3, -0.25) is 4.99 Å². The van der Waals surface area contributed by atoms with E-state index >= 15 is 0 Å². The first-order valence-electron chi connectivity index (χ1n) is 6.56. The fourth-order valence-corrected chi connectivity index (χ4v) is 1.74. The van der Waals surface area contributed by atoms with Gasteiger partial charge in [0.1, 0.15) is 11.0 Å². The first kappa shape index (κ1) is 17.6. The van der Waals surface area contributed by atoms with Crippen molar-refractivity contribution in [3.8, 4) is 0 Å². The van der Waals surface area contributed by atoms with Crippen molar-refractivity contribution in [2.24, 2.45) is 4.99 Å². The molecule has 0 rings (SSSR count). The van der Waals surface area contributed by atoms with Gasteiger partial charge in [0, 0.05) is 11.8 Å². The molecule has 106 valence electrons. The van der Waals surface area contributed by atoms with E-state index in [1.807, 2.05) is 19.1 Å². The minimum atomic E-state index is 0.158. The van der Waals surface area contributed by atoms with Gasteiger partial charge in [-0.2, -0.15) is 0 Å². The summed E-state index contributed by atoms with van der Waals surface area (Å²) in [5.74, 6) is 0.598. The van der Waals surface area contributed by atoms with Crippen LogP contribution >= 0.6 is 11.6 Å². The summed E-state index contributed by atoms with van der Waals surface area (Å²) in [7, 11) is 0. The van der Waals surface area contributed by atoms with E-state index in [1.54, 1.807) is 0 Å². The van der Waals surface area contributed by atoms with Crippen molar-refractivity contribution in [3.63, 3.8) is 0 Å². The van der Waals surface area contributed by atoms with Crippen molar-refractivity contribution in [2.45, 2.75) is 45.6 Å². The quantitative estimate of drug-likeness (QED) is 0.280. The van der Waals surface area contributed by atoms with Gasteiger partial charge in [-0.15, -0.1) is 6.58 Å². The van der Waals surface area contributed by atoms with Gasteiger partial charge in [0.25, 0.3) is 0 Å². The zero-order valence-electron chi connectivity index (χ0n) is 11.9. The Kier molecular flexibility index (Phi) is 9.81. The summed E-state index contributed by atoms with van der Waals surface area (Å²) in [4.78, 5) is 4.65. The molecule has 0 aromatic heterocycles. The van der Waals surface area contributed by atoms with Crippen LogP contribution in [0.15, 0.2) is 41.0 Å². The number of halogens is 1. The molecule has 0 aromatic rings. The molecule has 0 aromatic carbocycles. The van der Waals surface area contributed by atoms with Crippen molar-refractivity contribution in [1.29, 1.82) is 5.41 Å². The maximum atomic E-state index is 7.41. The van der Waals surface area contributed by atoms with Crippen LogP contribution in [-0.2, 0) is 0 Å². The third-order valence-electron chi connectivity index (χ3n) is 2.64. The second-order valence-electron chi connectivity index (χ2n) is 4.22. The molecule has 0 bridgehead atoms. The van der Waals surface area contributed by atoms with E-state index < -0.39 is 0 Å². The smallest absolute Gasteiger partial charge is 0.134 e. The molecule has 0 aliphatic rings. The van der Waals surface area contributed by atoms with Crippen molar-refractivity contribution >= 4 is 23.7 Å². The highest BCUT2D eigenvalue weighted by Gasteiger charge is 2.10. The van der Waals surface area contributed by atoms with Crippen molar-refractivity contribution in [2.75, 3.05) is 0 Å². The molecule has 0 heterocycles. The Labute approximate surface area is 121 Å². The van der Waals surface area contributed by atoms with Gasteiger partial charge < -0.3 is 10.7 Å². The molecule has 1 unspecified atom stereocenters. The average molecular weight is 282 g/mol. The highest BCUT2D eigenvalue weighted by molar-refractivity contribution is 6.31. The topological polar surface area (TPSA) is 48.2 Å². The standard InChI is InChI=1S/C15H24ClN3/c1-5-8-10-14(9-6-2)19-15(18-12(4)16)13(7-3)11-17/h6-7,11,14,17H,2,4-5,8-10H2,1,3H3,(H,18,19)/b13-7-,17-11?. The molecule has 19 heavy (non-hydrogen) atoms. The first-order chi connectivity index (χ1) is 9.08. The van der Waals surface area contributed by atoms with Crippen molar-refractivity contribution < 1.29 is 0 Å². The summed E-state index contributed by atoms with van der Waals surface area (Å²) in [5.41, 5.74) is 0.701. The van der Waals surface area contributed by atoms with Crippen LogP contribution < -0.4 is 5.32 Å². The lowest BCUT2D eigenvalue weighted by atomic mass is 10.1. The van der Waals surface area contributed by atoms with E-state index in [0.717, 1.165) is 25.7 Å². The predicted molar refractivity (Wildman–Crippen MR) is 86.2 cm³/mol. The number of allylic oxidation sites excluding steroid dienone is 1. The van der Waals surface area contributed by atoms with Crippen molar-refractivity contribution in [1.82, 2.24) is 5.32 Å². The van der Waals surface area contributed by atoms with E-state index in [0.29, 0.717) is 16.6 Å². The van der Waals surface area contributed by atoms with E-state index in [4.69, 9.17) is 17.0 Å². The Bertz CT molecular complexity index is 370. The number of hydrogen-bond donors (Lipinski definition) is 2. The van der Waals surface area contributed by atoms with Crippen LogP contribution in [0.25, 0.3) is 0 Å². The van der Waals surface area contributed by atoms with Crippen LogP contribution in [0.3, 0.4) is 0 Å².